The topological polar surface area (TPSA) is 60.5 Å². The molecule has 0 aliphatic heterocycles. The molecule has 0 saturated carbocycles. The summed E-state index contributed by atoms with van der Waals surface area (Å²) in [6, 6.07) is 20.7. The number of amides is 1. The van der Waals surface area contributed by atoms with Crippen LogP contribution < -0.4 is 14.8 Å². The van der Waals surface area contributed by atoms with Crippen LogP contribution in [0.4, 0.5) is 4.39 Å². The van der Waals surface area contributed by atoms with E-state index in [1.165, 1.54) is 12.1 Å². The minimum Gasteiger partial charge on any atom is -0.497 e. The average molecular weight is 430 g/mol. The predicted molar refractivity (Wildman–Crippen MR) is 123 cm³/mol. The average Bonchev–Trinajstić information content (AvgIpc) is 2.83. The van der Waals surface area contributed by atoms with E-state index in [1.807, 2.05) is 43.3 Å². The Bertz CT molecular complexity index is 1280. The lowest BCUT2D eigenvalue weighted by Crippen LogP contribution is -2.27. The molecule has 0 aliphatic carbocycles. The first-order valence-corrected chi connectivity index (χ1v) is 10.2. The van der Waals surface area contributed by atoms with Crippen LogP contribution in [-0.4, -0.2) is 25.1 Å². The fourth-order valence-corrected chi connectivity index (χ4v) is 3.63. The molecule has 6 heteroatoms. The summed E-state index contributed by atoms with van der Waals surface area (Å²) in [5.74, 6) is 0.456. The van der Waals surface area contributed by atoms with E-state index >= 15 is 0 Å². The Morgan fingerprint density at radius 3 is 2.47 bits per heavy atom. The van der Waals surface area contributed by atoms with Gasteiger partial charge in [-0.05, 0) is 48.9 Å². The van der Waals surface area contributed by atoms with Gasteiger partial charge >= 0.3 is 0 Å². The maximum absolute atomic E-state index is 14.0. The highest BCUT2D eigenvalue weighted by Crippen LogP contribution is 2.34. The molecule has 5 nitrogen and oxygen atoms in total. The number of rotatable bonds is 6. The zero-order valence-corrected chi connectivity index (χ0v) is 18.1. The van der Waals surface area contributed by atoms with E-state index in [2.05, 4.69) is 10.3 Å². The number of hydrogen-bond acceptors (Lipinski definition) is 4. The summed E-state index contributed by atoms with van der Waals surface area (Å²) in [4.78, 5) is 17.9. The van der Waals surface area contributed by atoms with Gasteiger partial charge in [-0.1, -0.05) is 30.3 Å². The number of nitrogens with zero attached hydrogens (tertiary/aromatic N) is 1. The number of hydrogen-bond donors (Lipinski definition) is 1. The van der Waals surface area contributed by atoms with Crippen molar-refractivity contribution in [1.29, 1.82) is 0 Å². The highest BCUT2D eigenvalue weighted by Gasteiger charge is 2.19. The Hall–Kier alpha value is -3.93. The van der Waals surface area contributed by atoms with Gasteiger partial charge in [0.15, 0.2) is 0 Å². The monoisotopic (exact) mass is 430 g/mol. The molecule has 1 atom stereocenters. The van der Waals surface area contributed by atoms with E-state index in [-0.39, 0.29) is 11.9 Å². The van der Waals surface area contributed by atoms with Crippen molar-refractivity contribution < 1.29 is 18.7 Å². The minimum absolute atomic E-state index is 0.223. The van der Waals surface area contributed by atoms with Gasteiger partial charge in [-0.15, -0.1) is 0 Å². The molecule has 162 valence electrons. The quantitative estimate of drug-likeness (QED) is 0.436. The van der Waals surface area contributed by atoms with Crippen molar-refractivity contribution in [2.24, 2.45) is 0 Å². The number of halogens is 1. The Morgan fingerprint density at radius 1 is 0.969 bits per heavy atom. The van der Waals surface area contributed by atoms with Crippen LogP contribution in [0.2, 0.25) is 0 Å². The van der Waals surface area contributed by atoms with E-state index in [1.54, 1.807) is 38.5 Å². The normalized spacial score (nSPS) is 11.8. The number of pyridine rings is 1. The summed E-state index contributed by atoms with van der Waals surface area (Å²) in [6.45, 7) is 1.91. The molecule has 3 aromatic carbocycles. The number of benzene rings is 3. The molecular formula is C26H23FN2O3. The summed E-state index contributed by atoms with van der Waals surface area (Å²) in [6.07, 6.45) is 0. The van der Waals surface area contributed by atoms with E-state index < -0.39 is 5.82 Å². The van der Waals surface area contributed by atoms with Crippen LogP contribution in [0, 0.1) is 5.82 Å². The summed E-state index contributed by atoms with van der Waals surface area (Å²) in [5.41, 5.74) is 3.07. The van der Waals surface area contributed by atoms with Crippen LogP contribution in [0.3, 0.4) is 0 Å². The molecule has 0 saturated heterocycles. The smallest absolute Gasteiger partial charge is 0.252 e. The molecule has 0 fully saturated rings. The summed E-state index contributed by atoms with van der Waals surface area (Å²) < 4.78 is 24.8. The van der Waals surface area contributed by atoms with Crippen LogP contribution in [0.25, 0.3) is 22.2 Å². The van der Waals surface area contributed by atoms with E-state index in [4.69, 9.17) is 9.47 Å². The van der Waals surface area contributed by atoms with Gasteiger partial charge in [0, 0.05) is 17.0 Å². The maximum atomic E-state index is 14.0. The first kappa shape index (κ1) is 21.3. The highest BCUT2D eigenvalue weighted by molar-refractivity contribution is 6.07. The molecule has 1 N–H and O–H groups in total. The Kier molecular flexibility index (Phi) is 6.03. The first-order chi connectivity index (χ1) is 15.5. The van der Waals surface area contributed by atoms with E-state index in [0.717, 1.165) is 5.56 Å². The molecule has 0 radical (unpaired) electrons. The molecule has 0 spiro atoms. The SMILES string of the molecule is COc1ccc(-c2cc(C(=O)NC(C)c3ccccc3)c3cc(F)ccc3n2)c(OC)c1. The zero-order valence-electron chi connectivity index (χ0n) is 18.1. The molecule has 1 unspecified atom stereocenters. The number of carbonyl (C=O) groups is 1. The lowest BCUT2D eigenvalue weighted by atomic mass is 10.0. The molecule has 1 amide bonds. The van der Waals surface area contributed by atoms with Gasteiger partial charge in [-0.3, -0.25) is 4.79 Å². The second kappa shape index (κ2) is 9.06. The second-order valence-corrected chi connectivity index (χ2v) is 7.39. The molecule has 1 aromatic heterocycles. The second-order valence-electron chi connectivity index (χ2n) is 7.39. The van der Waals surface area contributed by atoms with Gasteiger partial charge in [0.2, 0.25) is 0 Å². The number of ether oxygens (including phenoxy) is 2. The number of fused-ring (bicyclic) bond motifs is 1. The molecule has 4 aromatic rings. The maximum Gasteiger partial charge on any atom is 0.252 e. The number of carbonyl (C=O) groups excluding carboxylic acids is 1. The Balaban J connectivity index is 1.81. The van der Waals surface area contributed by atoms with Crippen LogP contribution in [0.5, 0.6) is 11.5 Å². The fourth-order valence-electron chi connectivity index (χ4n) is 3.63. The van der Waals surface area contributed by atoms with Crippen molar-refractivity contribution in [2.75, 3.05) is 14.2 Å². The minimum atomic E-state index is -0.431. The van der Waals surface area contributed by atoms with Crippen molar-refractivity contribution >= 4 is 16.8 Å². The molecule has 32 heavy (non-hydrogen) atoms. The van der Waals surface area contributed by atoms with Crippen LogP contribution in [0.1, 0.15) is 28.9 Å². The lowest BCUT2D eigenvalue weighted by Gasteiger charge is -2.17. The predicted octanol–water partition coefficient (Wildman–Crippen LogP) is 5.55. The Labute approximate surface area is 185 Å². The van der Waals surface area contributed by atoms with Crippen LogP contribution in [0.15, 0.2) is 72.8 Å². The van der Waals surface area contributed by atoms with Gasteiger partial charge in [-0.2, -0.15) is 0 Å². The van der Waals surface area contributed by atoms with Gasteiger partial charge in [-0.25, -0.2) is 9.37 Å². The van der Waals surface area contributed by atoms with Crippen molar-refractivity contribution in [2.45, 2.75) is 13.0 Å². The van der Waals surface area contributed by atoms with Gasteiger partial charge in [0.05, 0.1) is 37.0 Å². The highest BCUT2D eigenvalue weighted by atomic mass is 19.1. The standard InChI is InChI=1S/C26H23FN2O3/c1-16(17-7-5-4-6-8-17)28-26(30)22-15-24(29-23-12-9-18(27)13-21(22)23)20-11-10-19(31-2)14-25(20)32-3/h4-16H,1-3H3,(H,28,30). The van der Waals surface area contributed by atoms with Gasteiger partial charge in [0.1, 0.15) is 17.3 Å². The van der Waals surface area contributed by atoms with Gasteiger partial charge < -0.3 is 14.8 Å². The van der Waals surface area contributed by atoms with Crippen LogP contribution in [-0.2, 0) is 0 Å². The third-order valence-electron chi connectivity index (χ3n) is 5.35. The molecule has 1 heterocycles. The van der Waals surface area contributed by atoms with E-state index in [9.17, 15) is 9.18 Å². The van der Waals surface area contributed by atoms with Gasteiger partial charge in [0.25, 0.3) is 5.91 Å². The van der Waals surface area contributed by atoms with E-state index in [0.29, 0.717) is 39.2 Å². The Morgan fingerprint density at radius 2 is 1.75 bits per heavy atom. The third-order valence-corrected chi connectivity index (χ3v) is 5.35. The van der Waals surface area contributed by atoms with Crippen LogP contribution >= 0.6 is 0 Å². The summed E-state index contributed by atoms with van der Waals surface area (Å²) >= 11 is 0. The first-order valence-electron chi connectivity index (χ1n) is 10.2. The van der Waals surface area contributed by atoms with Crippen molar-refractivity contribution in [3.8, 4) is 22.8 Å². The lowest BCUT2D eigenvalue weighted by molar-refractivity contribution is 0.0941. The third kappa shape index (κ3) is 4.25. The fraction of sp³-hybridized carbons (Fsp3) is 0.154. The molecule has 0 bridgehead atoms. The number of methoxy groups -OCH3 is 2. The molecule has 0 aliphatic rings. The number of nitrogens with one attached hydrogen (secondary N) is 1. The largest absolute Gasteiger partial charge is 0.497 e. The molecular weight excluding hydrogens is 407 g/mol. The molecule has 4 rings (SSSR count). The van der Waals surface area contributed by atoms with Crippen molar-refractivity contribution in [1.82, 2.24) is 10.3 Å². The van der Waals surface area contributed by atoms with Crippen molar-refractivity contribution in [3.05, 3.63) is 89.7 Å². The van der Waals surface area contributed by atoms with Crippen molar-refractivity contribution in [3.63, 3.8) is 0 Å². The zero-order chi connectivity index (χ0) is 22.7. The number of aromatic nitrogens is 1. The summed E-state index contributed by atoms with van der Waals surface area (Å²) in [7, 11) is 3.14. The summed E-state index contributed by atoms with van der Waals surface area (Å²) in [5, 5.41) is 3.45.